The fraction of sp³-hybridized carbons (Fsp3) is 0.200. The van der Waals surface area contributed by atoms with Crippen molar-refractivity contribution in [3.05, 3.63) is 83.3 Å². The first-order valence-corrected chi connectivity index (χ1v) is 12.4. The molecule has 0 radical (unpaired) electrons. The van der Waals surface area contributed by atoms with Crippen LogP contribution in [0.4, 0.5) is 0 Å². The molecule has 0 amide bonds. The molecule has 0 atom stereocenters. The van der Waals surface area contributed by atoms with E-state index in [1.165, 1.54) is 0 Å². The third-order valence-electron chi connectivity index (χ3n) is 6.81. The fourth-order valence-corrected chi connectivity index (χ4v) is 4.99. The number of halogens is 1. The monoisotopic (exact) mass is 531 g/mol. The van der Waals surface area contributed by atoms with Crippen LogP contribution in [0.1, 0.15) is 16.2 Å². The molecule has 2 aromatic heterocycles. The quantitative estimate of drug-likeness (QED) is 0.183. The van der Waals surface area contributed by atoms with Gasteiger partial charge in [-0.25, -0.2) is 4.57 Å². The van der Waals surface area contributed by atoms with E-state index in [1.54, 1.807) is 52.7 Å². The second-order valence-corrected chi connectivity index (χ2v) is 9.25. The highest BCUT2D eigenvalue weighted by Gasteiger charge is 2.29. The van der Waals surface area contributed by atoms with E-state index < -0.39 is 0 Å². The number of aryl methyl sites for hydroxylation is 1. The number of hydrogen-bond donors (Lipinski definition) is 0. The first kappa shape index (κ1) is 25.4. The van der Waals surface area contributed by atoms with Crippen LogP contribution in [0, 0.1) is 6.92 Å². The van der Waals surface area contributed by atoms with E-state index >= 15 is 0 Å². The molecule has 5 rings (SSSR count). The van der Waals surface area contributed by atoms with Crippen LogP contribution in [-0.2, 0) is 6.54 Å². The van der Waals surface area contributed by atoms with E-state index in [-0.39, 0.29) is 12.3 Å². The topological polar surface area (TPSA) is 62.3 Å². The maximum Gasteiger partial charge on any atom is 0.259 e. The number of ketones is 1. The first-order valence-electron chi connectivity index (χ1n) is 12.0. The van der Waals surface area contributed by atoms with Gasteiger partial charge in [-0.3, -0.25) is 4.79 Å². The number of methoxy groups -OCH3 is 4. The number of ether oxygens (including phenoxy) is 4. The van der Waals surface area contributed by atoms with Crippen LogP contribution in [0.3, 0.4) is 0 Å². The van der Waals surface area contributed by atoms with Gasteiger partial charge in [0, 0.05) is 28.5 Å². The van der Waals surface area contributed by atoms with Gasteiger partial charge in [-0.15, -0.1) is 0 Å². The van der Waals surface area contributed by atoms with Gasteiger partial charge in [-0.1, -0.05) is 11.6 Å². The van der Waals surface area contributed by atoms with Crippen molar-refractivity contribution >= 4 is 33.7 Å². The Morgan fingerprint density at radius 2 is 1.45 bits per heavy atom. The Labute approximate surface area is 225 Å². The molecule has 0 saturated carbocycles. The van der Waals surface area contributed by atoms with Crippen molar-refractivity contribution in [3.8, 4) is 34.3 Å². The Hall–Kier alpha value is -4.23. The van der Waals surface area contributed by atoms with Crippen LogP contribution in [-0.4, -0.2) is 38.6 Å². The first-order chi connectivity index (χ1) is 18.4. The van der Waals surface area contributed by atoms with Crippen molar-refractivity contribution in [1.29, 1.82) is 0 Å². The maximum absolute atomic E-state index is 13.5. The second kappa shape index (κ2) is 10.3. The lowest BCUT2D eigenvalue weighted by molar-refractivity contribution is -0.677. The number of carbonyl (C=O) groups is 1. The van der Waals surface area contributed by atoms with E-state index in [9.17, 15) is 4.79 Å². The Morgan fingerprint density at radius 3 is 2.11 bits per heavy atom. The highest BCUT2D eigenvalue weighted by atomic mass is 35.5. The minimum Gasteiger partial charge on any atom is -0.493 e. The SMILES string of the molecule is COc1ccc(-c2c3c4cc(OC)c(OC)cc4ccn3c(C)[n+]2CC(=O)c2ccc(Cl)cc2)cc1OC. The molecule has 3 aromatic carbocycles. The summed E-state index contributed by atoms with van der Waals surface area (Å²) in [4.78, 5) is 13.5. The smallest absolute Gasteiger partial charge is 0.259 e. The van der Waals surface area contributed by atoms with E-state index in [0.29, 0.717) is 33.6 Å². The molecule has 5 aromatic rings. The molecule has 194 valence electrons. The predicted molar refractivity (Wildman–Crippen MR) is 147 cm³/mol. The van der Waals surface area contributed by atoms with Gasteiger partial charge in [-0.05, 0) is 66.0 Å². The van der Waals surface area contributed by atoms with Crippen molar-refractivity contribution < 1.29 is 28.3 Å². The number of carbonyl (C=O) groups excluding carboxylic acids is 1. The molecule has 0 unspecified atom stereocenters. The summed E-state index contributed by atoms with van der Waals surface area (Å²) in [5.74, 6) is 3.34. The summed E-state index contributed by atoms with van der Waals surface area (Å²) in [6.45, 7) is 2.13. The van der Waals surface area contributed by atoms with Gasteiger partial charge in [-0.2, -0.15) is 4.40 Å². The molecule has 38 heavy (non-hydrogen) atoms. The minimum atomic E-state index is -0.0315. The third kappa shape index (κ3) is 4.29. The Morgan fingerprint density at radius 1 is 0.816 bits per heavy atom. The largest absolute Gasteiger partial charge is 0.493 e. The van der Waals surface area contributed by atoms with Gasteiger partial charge in [0.1, 0.15) is 0 Å². The Balaban J connectivity index is 1.82. The summed E-state index contributed by atoms with van der Waals surface area (Å²) < 4.78 is 26.4. The summed E-state index contributed by atoms with van der Waals surface area (Å²) in [6.07, 6.45) is 2.01. The molecule has 7 nitrogen and oxygen atoms in total. The van der Waals surface area contributed by atoms with E-state index in [0.717, 1.165) is 33.4 Å². The third-order valence-corrected chi connectivity index (χ3v) is 7.07. The van der Waals surface area contributed by atoms with Crippen LogP contribution in [0.5, 0.6) is 23.0 Å². The van der Waals surface area contributed by atoms with E-state index in [4.69, 9.17) is 30.5 Å². The molecule has 0 aliphatic carbocycles. The molecule has 0 spiro atoms. The zero-order chi connectivity index (χ0) is 27.0. The summed E-state index contributed by atoms with van der Waals surface area (Å²) in [5, 5.41) is 2.52. The lowest BCUT2D eigenvalue weighted by atomic mass is 10.0. The Kier molecular flexibility index (Phi) is 6.87. The number of aromatic nitrogens is 2. The molecule has 0 N–H and O–H groups in total. The fourth-order valence-electron chi connectivity index (χ4n) is 4.87. The number of imidazole rings is 1. The molecule has 0 bridgehead atoms. The number of Topliss-reactive ketones (excluding diaryl/α,β-unsaturated/α-hetero) is 1. The minimum absolute atomic E-state index is 0.0315. The van der Waals surface area contributed by atoms with Crippen molar-refractivity contribution in [2.75, 3.05) is 28.4 Å². The molecular formula is C30H28ClN2O5+. The van der Waals surface area contributed by atoms with E-state index in [1.807, 2.05) is 54.1 Å². The van der Waals surface area contributed by atoms with Crippen molar-refractivity contribution in [2.24, 2.45) is 0 Å². The molecule has 0 aliphatic heterocycles. The number of fused-ring (bicyclic) bond motifs is 3. The van der Waals surface area contributed by atoms with Gasteiger partial charge in [0.15, 0.2) is 40.8 Å². The Bertz CT molecular complexity index is 1680. The average Bonchev–Trinajstić information content (AvgIpc) is 3.23. The lowest BCUT2D eigenvalue weighted by Crippen LogP contribution is -2.41. The predicted octanol–water partition coefficient (Wildman–Crippen LogP) is 5.93. The van der Waals surface area contributed by atoms with Crippen LogP contribution in [0.2, 0.25) is 5.02 Å². The molecule has 0 saturated heterocycles. The van der Waals surface area contributed by atoms with Crippen molar-refractivity contribution in [2.45, 2.75) is 13.5 Å². The molecular weight excluding hydrogens is 504 g/mol. The zero-order valence-corrected chi connectivity index (χ0v) is 22.6. The summed E-state index contributed by atoms with van der Waals surface area (Å²) >= 11 is 6.05. The molecule has 0 aliphatic rings. The van der Waals surface area contributed by atoms with Crippen LogP contribution in [0.25, 0.3) is 27.5 Å². The number of benzene rings is 3. The standard InChI is InChI=1S/C30H28ClN2O5/c1-18-32-13-12-20-14-27(37-4)28(38-5)16-23(20)30(32)29(21-8-11-25(35-2)26(15-21)36-3)33(18)17-24(34)19-6-9-22(31)10-7-19/h6-16H,17H2,1-5H3/q+1. The molecule has 8 heteroatoms. The number of rotatable bonds is 8. The van der Waals surface area contributed by atoms with Crippen LogP contribution < -0.4 is 23.5 Å². The highest BCUT2D eigenvalue weighted by Crippen LogP contribution is 2.39. The van der Waals surface area contributed by atoms with Gasteiger partial charge in [0.25, 0.3) is 5.82 Å². The summed E-state index contributed by atoms with van der Waals surface area (Å²) in [5.41, 5.74) is 3.26. The average molecular weight is 532 g/mol. The molecule has 0 fully saturated rings. The van der Waals surface area contributed by atoms with Gasteiger partial charge >= 0.3 is 0 Å². The van der Waals surface area contributed by atoms with E-state index in [2.05, 4.69) is 4.40 Å². The van der Waals surface area contributed by atoms with Crippen LogP contribution >= 0.6 is 11.6 Å². The maximum atomic E-state index is 13.5. The second-order valence-electron chi connectivity index (χ2n) is 8.81. The van der Waals surface area contributed by atoms with Crippen molar-refractivity contribution in [1.82, 2.24) is 4.40 Å². The number of nitrogens with zero attached hydrogens (tertiary/aromatic N) is 2. The zero-order valence-electron chi connectivity index (χ0n) is 21.9. The summed E-state index contributed by atoms with van der Waals surface area (Å²) in [6, 6.07) is 18.7. The normalized spacial score (nSPS) is 11.1. The lowest BCUT2D eigenvalue weighted by Gasteiger charge is -2.11. The van der Waals surface area contributed by atoms with Gasteiger partial charge < -0.3 is 18.9 Å². The van der Waals surface area contributed by atoms with Gasteiger partial charge in [0.05, 0.1) is 34.6 Å². The highest BCUT2D eigenvalue weighted by molar-refractivity contribution is 6.30. The summed E-state index contributed by atoms with van der Waals surface area (Å²) in [7, 11) is 6.45. The number of hydrogen-bond acceptors (Lipinski definition) is 5. The van der Waals surface area contributed by atoms with Crippen LogP contribution in [0.15, 0.2) is 66.9 Å². The van der Waals surface area contributed by atoms with Crippen molar-refractivity contribution in [3.63, 3.8) is 0 Å². The van der Waals surface area contributed by atoms with Gasteiger partial charge in [0.2, 0.25) is 5.78 Å². The number of pyridine rings is 1. The molecule has 2 heterocycles.